The van der Waals surface area contributed by atoms with Gasteiger partial charge < -0.3 is 19.3 Å². The van der Waals surface area contributed by atoms with Crippen molar-refractivity contribution in [3.05, 3.63) is 47.6 Å². The third kappa shape index (κ3) is 3.39. The van der Waals surface area contributed by atoms with Crippen molar-refractivity contribution in [2.75, 3.05) is 13.1 Å². The molecule has 2 aromatic rings. The summed E-state index contributed by atoms with van der Waals surface area (Å²) < 4.78 is 24.0. The summed E-state index contributed by atoms with van der Waals surface area (Å²) in [7, 11) is 0. The number of nitrogens with zero attached hydrogens (tertiary/aromatic N) is 2. The molecule has 1 atom stereocenters. The topological polar surface area (TPSA) is 92.9 Å². The average Bonchev–Trinajstić information content (AvgIpc) is 3.16. The van der Waals surface area contributed by atoms with Crippen LogP contribution < -0.4 is 4.74 Å². The number of para-hydroxylation sites is 1. The molecule has 27 heavy (non-hydrogen) atoms. The molecule has 1 amide bonds. The van der Waals surface area contributed by atoms with Crippen LogP contribution in [-0.2, 0) is 11.4 Å². The lowest BCUT2D eigenvalue weighted by Crippen LogP contribution is -2.40. The molecular weight excluding hydrogens is 355 g/mol. The van der Waals surface area contributed by atoms with Crippen molar-refractivity contribution in [2.24, 2.45) is 11.3 Å². The molecule has 1 aliphatic heterocycles. The van der Waals surface area contributed by atoms with E-state index in [0.717, 1.165) is 0 Å². The Kier molecular flexibility index (Phi) is 4.33. The molecular formula is C19H19FN2O5. The van der Waals surface area contributed by atoms with Gasteiger partial charge in [-0.05, 0) is 36.8 Å². The van der Waals surface area contributed by atoms with Crippen LogP contribution in [0, 0.1) is 17.2 Å². The van der Waals surface area contributed by atoms with E-state index >= 15 is 0 Å². The van der Waals surface area contributed by atoms with Gasteiger partial charge in [0.2, 0.25) is 0 Å². The van der Waals surface area contributed by atoms with Gasteiger partial charge in [-0.1, -0.05) is 17.3 Å². The first-order valence-corrected chi connectivity index (χ1v) is 8.83. The Morgan fingerprint density at radius 1 is 1.33 bits per heavy atom. The van der Waals surface area contributed by atoms with Gasteiger partial charge in [0.25, 0.3) is 5.91 Å². The molecule has 7 nitrogen and oxygen atoms in total. The van der Waals surface area contributed by atoms with Gasteiger partial charge in [0.05, 0.1) is 5.92 Å². The van der Waals surface area contributed by atoms with Gasteiger partial charge in [-0.3, -0.25) is 9.59 Å². The zero-order valence-electron chi connectivity index (χ0n) is 14.6. The minimum absolute atomic E-state index is 0.0371. The maximum absolute atomic E-state index is 13.5. The summed E-state index contributed by atoms with van der Waals surface area (Å²) in [5.41, 5.74) is 0.0363. The molecule has 4 rings (SSSR count). The van der Waals surface area contributed by atoms with Crippen molar-refractivity contribution < 1.29 is 28.3 Å². The van der Waals surface area contributed by atoms with Crippen molar-refractivity contribution in [1.29, 1.82) is 0 Å². The number of carboxylic acid groups (broad SMARTS) is 1. The minimum Gasteiger partial charge on any atom is -0.482 e. The number of benzene rings is 1. The van der Waals surface area contributed by atoms with Crippen molar-refractivity contribution >= 4 is 11.9 Å². The predicted octanol–water partition coefficient (Wildman–Crippen LogP) is 2.72. The fourth-order valence-corrected chi connectivity index (χ4v) is 3.76. The molecule has 1 saturated carbocycles. The zero-order chi connectivity index (χ0) is 19.0. The highest BCUT2D eigenvalue weighted by Crippen LogP contribution is 2.59. The molecule has 8 heteroatoms. The van der Waals surface area contributed by atoms with E-state index in [0.29, 0.717) is 38.1 Å². The number of carbonyl (C=O) groups excluding carboxylic acids is 1. The highest BCUT2D eigenvalue weighted by molar-refractivity contribution is 5.92. The number of rotatable bonds is 5. The number of aliphatic carboxylic acids is 1. The summed E-state index contributed by atoms with van der Waals surface area (Å²) in [6, 6.07) is 7.51. The normalized spacial score (nSPS) is 20.5. The first-order chi connectivity index (χ1) is 13.0. The zero-order valence-corrected chi connectivity index (χ0v) is 14.6. The lowest BCUT2D eigenvalue weighted by atomic mass is 9.90. The Hall–Kier alpha value is -2.90. The Balaban J connectivity index is 1.33. The van der Waals surface area contributed by atoms with Crippen LogP contribution >= 0.6 is 0 Å². The SMILES string of the molecule is O=C(O)C1CC12CCN(C(=O)c1cc(COc3ccccc3F)on1)CC2. The number of likely N-dealkylation sites (tertiary alicyclic amines) is 1. The summed E-state index contributed by atoms with van der Waals surface area (Å²) in [5, 5.41) is 12.9. The number of hydrogen-bond acceptors (Lipinski definition) is 5. The van der Waals surface area contributed by atoms with Gasteiger partial charge in [0, 0.05) is 19.2 Å². The number of piperidine rings is 1. The number of aromatic nitrogens is 1. The fraction of sp³-hybridized carbons (Fsp3) is 0.421. The first kappa shape index (κ1) is 17.5. The van der Waals surface area contributed by atoms with E-state index in [4.69, 9.17) is 14.4 Å². The summed E-state index contributed by atoms with van der Waals surface area (Å²) in [5.74, 6) is -1.33. The second-order valence-corrected chi connectivity index (χ2v) is 7.15. The van der Waals surface area contributed by atoms with Crippen LogP contribution in [0.5, 0.6) is 5.75 Å². The van der Waals surface area contributed by atoms with E-state index in [1.165, 1.54) is 18.2 Å². The lowest BCUT2D eigenvalue weighted by Gasteiger charge is -2.32. The maximum atomic E-state index is 13.5. The van der Waals surface area contributed by atoms with Crippen molar-refractivity contribution in [3.63, 3.8) is 0 Å². The van der Waals surface area contributed by atoms with E-state index < -0.39 is 11.8 Å². The molecule has 1 aromatic carbocycles. The Bertz CT molecular complexity index is 872. The summed E-state index contributed by atoms with van der Waals surface area (Å²) in [6.07, 6.45) is 2.08. The second kappa shape index (κ2) is 6.68. The molecule has 2 heterocycles. The van der Waals surface area contributed by atoms with E-state index in [1.807, 2.05) is 0 Å². The van der Waals surface area contributed by atoms with Crippen LogP contribution in [0.3, 0.4) is 0 Å². The van der Waals surface area contributed by atoms with Crippen LogP contribution in [0.25, 0.3) is 0 Å². The van der Waals surface area contributed by atoms with Crippen LogP contribution in [0.1, 0.15) is 35.5 Å². The predicted molar refractivity (Wildman–Crippen MR) is 90.5 cm³/mol. The maximum Gasteiger partial charge on any atom is 0.307 e. The summed E-state index contributed by atoms with van der Waals surface area (Å²) >= 11 is 0. The van der Waals surface area contributed by atoms with E-state index in [1.54, 1.807) is 17.0 Å². The monoisotopic (exact) mass is 374 g/mol. The number of amides is 1. The Labute approximate surface area is 154 Å². The Morgan fingerprint density at radius 2 is 2.07 bits per heavy atom. The number of hydrogen-bond donors (Lipinski definition) is 1. The van der Waals surface area contributed by atoms with E-state index in [2.05, 4.69) is 5.16 Å². The number of halogens is 1. The third-order valence-corrected chi connectivity index (χ3v) is 5.52. The van der Waals surface area contributed by atoms with Gasteiger partial charge in [0.15, 0.2) is 23.0 Å². The van der Waals surface area contributed by atoms with E-state index in [9.17, 15) is 14.0 Å². The van der Waals surface area contributed by atoms with Crippen molar-refractivity contribution in [2.45, 2.75) is 25.9 Å². The van der Waals surface area contributed by atoms with Crippen LogP contribution in [0.4, 0.5) is 4.39 Å². The molecule has 1 N–H and O–H groups in total. The molecule has 1 unspecified atom stereocenters. The number of carboxylic acids is 1. The van der Waals surface area contributed by atoms with Crippen molar-refractivity contribution in [1.82, 2.24) is 10.1 Å². The highest BCUT2D eigenvalue weighted by Gasteiger charge is 2.59. The summed E-state index contributed by atoms with van der Waals surface area (Å²) in [4.78, 5) is 25.4. The lowest BCUT2D eigenvalue weighted by molar-refractivity contribution is -0.139. The van der Waals surface area contributed by atoms with Gasteiger partial charge in [-0.15, -0.1) is 0 Å². The third-order valence-electron chi connectivity index (χ3n) is 5.52. The molecule has 1 aromatic heterocycles. The van der Waals surface area contributed by atoms with Crippen molar-refractivity contribution in [3.8, 4) is 5.75 Å². The number of carbonyl (C=O) groups is 2. The molecule has 2 aliphatic rings. The Morgan fingerprint density at radius 3 is 2.74 bits per heavy atom. The van der Waals surface area contributed by atoms with E-state index in [-0.39, 0.29) is 35.3 Å². The van der Waals surface area contributed by atoms with Crippen LogP contribution in [0.2, 0.25) is 0 Å². The van der Waals surface area contributed by atoms with Gasteiger partial charge in [-0.2, -0.15) is 0 Å². The quantitative estimate of drug-likeness (QED) is 0.865. The molecule has 1 aliphatic carbocycles. The highest BCUT2D eigenvalue weighted by atomic mass is 19.1. The minimum atomic E-state index is -0.745. The van der Waals surface area contributed by atoms with Crippen LogP contribution in [-0.4, -0.2) is 40.1 Å². The molecule has 142 valence electrons. The molecule has 2 fully saturated rings. The number of ether oxygens (including phenoxy) is 1. The second-order valence-electron chi connectivity index (χ2n) is 7.15. The smallest absolute Gasteiger partial charge is 0.307 e. The average molecular weight is 374 g/mol. The van der Waals surface area contributed by atoms with Gasteiger partial charge in [0.1, 0.15) is 6.61 Å². The molecule has 0 bridgehead atoms. The largest absolute Gasteiger partial charge is 0.482 e. The molecule has 0 radical (unpaired) electrons. The van der Waals surface area contributed by atoms with Crippen LogP contribution in [0.15, 0.2) is 34.9 Å². The molecule has 1 spiro atoms. The fourth-order valence-electron chi connectivity index (χ4n) is 3.76. The molecule has 1 saturated heterocycles. The van der Waals surface area contributed by atoms with Gasteiger partial charge in [-0.25, -0.2) is 4.39 Å². The first-order valence-electron chi connectivity index (χ1n) is 8.83. The van der Waals surface area contributed by atoms with Gasteiger partial charge >= 0.3 is 5.97 Å². The standard InChI is InChI=1S/C19H19FN2O5/c20-14-3-1-2-4-16(14)26-11-12-9-15(21-27-12)17(23)22-7-5-19(6-8-22)10-13(19)18(24)25/h1-4,9,13H,5-8,10-11H2,(H,24,25). The summed E-state index contributed by atoms with van der Waals surface area (Å²) in [6.45, 7) is 0.984.